The lowest BCUT2D eigenvalue weighted by Gasteiger charge is -2.40. The van der Waals surface area contributed by atoms with E-state index in [4.69, 9.17) is 1.37 Å². The molecule has 0 amide bonds. The Morgan fingerprint density at radius 3 is 1.64 bits per heavy atom. The molecule has 0 aliphatic heterocycles. The van der Waals surface area contributed by atoms with Crippen molar-refractivity contribution in [2.75, 3.05) is 12.0 Å². The average Bonchev–Trinajstić information content (AvgIpc) is 1.96. The van der Waals surface area contributed by atoms with Crippen molar-refractivity contribution in [3.63, 3.8) is 0 Å². The molecule has 0 unspecified atom stereocenters. The summed E-state index contributed by atoms with van der Waals surface area (Å²) in [6.45, 7) is 12.3. The number of hydrogen-bond acceptors (Lipinski definition) is 2. The van der Waals surface area contributed by atoms with Gasteiger partial charge in [-0.3, -0.25) is 0 Å². The van der Waals surface area contributed by atoms with Gasteiger partial charge >= 0.3 is 0 Å². The summed E-state index contributed by atoms with van der Waals surface area (Å²) >= 11 is 0. The zero-order valence-electron chi connectivity index (χ0n) is 11.2. The Bertz CT molecular complexity index is 280. The maximum atomic E-state index is 11.5. The van der Waals surface area contributed by atoms with Crippen molar-refractivity contribution in [1.29, 1.82) is 0 Å². The van der Waals surface area contributed by atoms with E-state index >= 15 is 0 Å². The molecule has 0 aromatic carbocycles. The topological polar surface area (TPSA) is 34.1 Å². The maximum absolute atomic E-state index is 11.5. The first kappa shape index (κ1) is 12.0. The van der Waals surface area contributed by atoms with E-state index in [1.807, 2.05) is 0 Å². The summed E-state index contributed by atoms with van der Waals surface area (Å²) in [5, 5.41) is 0. The van der Waals surface area contributed by atoms with Crippen LogP contribution in [0.2, 0.25) is 0 Å². The third kappa shape index (κ3) is 4.99. The van der Waals surface area contributed by atoms with Gasteiger partial charge in [-0.1, -0.05) is 41.5 Å². The van der Waals surface area contributed by atoms with Gasteiger partial charge < -0.3 is 0 Å². The first-order valence-electron chi connectivity index (χ1n) is 5.60. The highest BCUT2D eigenvalue weighted by Crippen LogP contribution is 2.40. The van der Waals surface area contributed by atoms with Gasteiger partial charge in [0.05, 0.1) is 5.75 Å². The van der Waals surface area contributed by atoms with E-state index in [1.165, 1.54) is 0 Å². The maximum Gasteiger partial charge on any atom is 0.147 e. The SMILES string of the molecule is [2H]CS(=O)(=O)CC(C(C)(C)C)C(C)(C)C. The fourth-order valence-electron chi connectivity index (χ4n) is 2.05. The van der Waals surface area contributed by atoms with Crippen LogP contribution < -0.4 is 0 Å². The fraction of sp³-hybridized carbons (Fsp3) is 1.00. The first-order valence-corrected chi connectivity index (χ1v) is 6.72. The molecule has 14 heavy (non-hydrogen) atoms. The summed E-state index contributed by atoms with van der Waals surface area (Å²) in [5.41, 5.74) is -0.110. The normalized spacial score (nSPS) is 15.8. The van der Waals surface area contributed by atoms with E-state index in [-0.39, 0.29) is 22.5 Å². The molecular formula is C11H24O2S. The molecule has 0 N–H and O–H groups in total. The van der Waals surface area contributed by atoms with Crippen LogP contribution in [-0.4, -0.2) is 20.4 Å². The molecule has 0 saturated carbocycles. The van der Waals surface area contributed by atoms with E-state index in [0.717, 1.165) is 0 Å². The Kier molecular flexibility index (Phi) is 3.30. The van der Waals surface area contributed by atoms with Crippen LogP contribution in [-0.2, 0) is 9.84 Å². The molecule has 0 aromatic heterocycles. The van der Waals surface area contributed by atoms with Gasteiger partial charge in [0.25, 0.3) is 0 Å². The van der Waals surface area contributed by atoms with Gasteiger partial charge in [0.15, 0.2) is 0 Å². The highest BCUT2D eigenvalue weighted by Gasteiger charge is 2.36. The molecule has 86 valence electrons. The van der Waals surface area contributed by atoms with Gasteiger partial charge in [-0.05, 0) is 16.7 Å². The lowest BCUT2D eigenvalue weighted by atomic mass is 9.68. The van der Waals surface area contributed by atoms with Crippen molar-refractivity contribution in [3.05, 3.63) is 0 Å². The van der Waals surface area contributed by atoms with Crippen LogP contribution in [0.5, 0.6) is 0 Å². The van der Waals surface area contributed by atoms with Crippen molar-refractivity contribution in [2.24, 2.45) is 16.7 Å². The minimum atomic E-state index is -3.22. The monoisotopic (exact) mass is 221 g/mol. The Hall–Kier alpha value is -0.0500. The molecule has 0 aromatic rings. The van der Waals surface area contributed by atoms with Crippen LogP contribution >= 0.6 is 0 Å². The van der Waals surface area contributed by atoms with Crippen molar-refractivity contribution in [2.45, 2.75) is 41.5 Å². The average molecular weight is 221 g/mol. The standard InChI is InChI=1S/C11H24O2S/c1-10(2,3)9(11(4,5)6)8-14(7,12)13/h9H,8H2,1-7H3/i7D. The van der Waals surface area contributed by atoms with Crippen LogP contribution in [0.25, 0.3) is 0 Å². The molecule has 2 nitrogen and oxygen atoms in total. The van der Waals surface area contributed by atoms with Crippen molar-refractivity contribution in [3.8, 4) is 0 Å². The molecule has 0 bridgehead atoms. The summed E-state index contributed by atoms with van der Waals surface area (Å²) in [7, 11) is -3.22. The molecule has 0 radical (unpaired) electrons. The summed E-state index contributed by atoms with van der Waals surface area (Å²) in [6, 6.07) is 0. The van der Waals surface area contributed by atoms with Gasteiger partial charge in [-0.2, -0.15) is 0 Å². The lowest BCUT2D eigenvalue weighted by Crippen LogP contribution is -2.37. The Morgan fingerprint density at radius 1 is 1.07 bits per heavy atom. The smallest absolute Gasteiger partial charge is 0.147 e. The number of sulfone groups is 1. The van der Waals surface area contributed by atoms with Crippen LogP contribution in [0.15, 0.2) is 0 Å². The highest BCUT2D eigenvalue weighted by atomic mass is 32.2. The number of rotatable bonds is 2. The molecule has 0 saturated heterocycles. The summed E-state index contributed by atoms with van der Waals surface area (Å²) in [6.07, 6.45) is -0.504. The van der Waals surface area contributed by atoms with Crippen LogP contribution in [0, 0.1) is 16.7 Å². The molecule has 0 fully saturated rings. The minimum absolute atomic E-state index is 0.0551. The predicted molar refractivity (Wildman–Crippen MR) is 62.1 cm³/mol. The van der Waals surface area contributed by atoms with Gasteiger partial charge in [-0.25, -0.2) is 8.42 Å². The zero-order valence-corrected chi connectivity index (χ0v) is 11.0. The predicted octanol–water partition coefficient (Wildman–Crippen LogP) is 2.74. The third-order valence-electron chi connectivity index (χ3n) is 2.51. The summed E-state index contributed by atoms with van der Waals surface area (Å²) in [4.78, 5) is 0. The molecule has 0 spiro atoms. The second-order valence-electron chi connectivity index (χ2n) is 6.19. The fourth-order valence-corrected chi connectivity index (χ4v) is 3.56. The minimum Gasteiger partial charge on any atom is -0.229 e. The van der Waals surface area contributed by atoms with E-state index in [1.54, 1.807) is 0 Å². The van der Waals surface area contributed by atoms with Gasteiger partial charge in [0.2, 0.25) is 0 Å². The molecule has 0 rings (SSSR count). The van der Waals surface area contributed by atoms with Gasteiger partial charge in [0, 0.05) is 7.60 Å². The molecule has 0 heterocycles. The second kappa shape index (κ2) is 3.84. The third-order valence-corrected chi connectivity index (χ3v) is 3.35. The van der Waals surface area contributed by atoms with E-state index in [9.17, 15) is 8.42 Å². The van der Waals surface area contributed by atoms with Crippen LogP contribution in [0.1, 0.15) is 42.9 Å². The van der Waals surface area contributed by atoms with E-state index in [2.05, 4.69) is 41.5 Å². The van der Waals surface area contributed by atoms with Crippen LogP contribution in [0.4, 0.5) is 0 Å². The van der Waals surface area contributed by atoms with Crippen molar-refractivity contribution < 1.29 is 9.79 Å². The molecule has 0 aliphatic rings. The first-order chi connectivity index (χ1) is 6.40. The largest absolute Gasteiger partial charge is 0.229 e. The zero-order chi connectivity index (χ0) is 12.5. The Balaban J connectivity index is 5.02. The van der Waals surface area contributed by atoms with Crippen molar-refractivity contribution in [1.82, 2.24) is 0 Å². The molecule has 0 atom stereocenters. The molecule has 0 aliphatic carbocycles. The summed E-state index contributed by atoms with van der Waals surface area (Å²) < 4.78 is 30.1. The van der Waals surface area contributed by atoms with Crippen LogP contribution in [0.3, 0.4) is 0 Å². The second-order valence-corrected chi connectivity index (χ2v) is 8.02. The quantitative estimate of drug-likeness (QED) is 0.718. The molecule has 3 heteroatoms. The van der Waals surface area contributed by atoms with E-state index < -0.39 is 16.1 Å². The Labute approximate surface area is 90.4 Å². The lowest BCUT2D eigenvalue weighted by molar-refractivity contribution is 0.123. The summed E-state index contributed by atoms with van der Waals surface area (Å²) in [5.74, 6) is 0.184. The Morgan fingerprint density at radius 2 is 1.43 bits per heavy atom. The highest BCUT2D eigenvalue weighted by molar-refractivity contribution is 7.90. The van der Waals surface area contributed by atoms with E-state index in [0.29, 0.717) is 0 Å². The van der Waals surface area contributed by atoms with Gasteiger partial charge in [0.1, 0.15) is 9.84 Å². The molecular weight excluding hydrogens is 196 g/mol. The number of hydrogen-bond donors (Lipinski definition) is 0. The van der Waals surface area contributed by atoms with Crippen molar-refractivity contribution >= 4 is 9.84 Å². The van der Waals surface area contributed by atoms with Gasteiger partial charge in [-0.15, -0.1) is 0 Å².